The molecule has 8 nitrogen and oxygen atoms in total. The summed E-state index contributed by atoms with van der Waals surface area (Å²) in [5, 5.41) is 8.89. The van der Waals surface area contributed by atoms with Crippen LogP contribution in [0.1, 0.15) is 6.92 Å². The average Bonchev–Trinajstić information content (AvgIpc) is 2.64. The van der Waals surface area contributed by atoms with Crippen LogP contribution in [-0.2, 0) is 21.9 Å². The molecular formula is C16H12BCuF5N4O4. The molecule has 0 spiro atoms. The Labute approximate surface area is 181 Å². The number of carboxylic acid groups (broad SMARTS) is 1. The monoisotopic (exact) mass is 493 g/mol. The Morgan fingerprint density at radius 2 is 1.61 bits per heavy atom. The Balaban J connectivity index is 0.000000769. The summed E-state index contributed by atoms with van der Waals surface area (Å²) in [4.78, 5) is 42.1. The van der Waals surface area contributed by atoms with Crippen molar-refractivity contribution in [3.05, 3.63) is 75.6 Å². The number of aromatic amines is 1. The molecule has 0 aromatic carbocycles. The zero-order valence-electron chi connectivity index (χ0n) is 15.4. The standard InChI is InChI=1S/C14H9FN4O2.C2H4O2.BF4.Cu/c15-9-8-19(14(21)18-13(9)20)11-5-3-7-17-12(11)10-4-1-2-6-16-10;1-2(3)4;2-1(3,4)5;/h1-8H,(H,18,20,21);1H3,(H,3,4);;/q;;-1;+2/p-1. The number of nitrogens with one attached hydrogen (secondary N) is 1. The van der Waals surface area contributed by atoms with Crippen molar-refractivity contribution in [2.24, 2.45) is 0 Å². The summed E-state index contributed by atoms with van der Waals surface area (Å²) in [6, 6.07) is 8.45. The molecule has 0 aliphatic carbocycles. The van der Waals surface area contributed by atoms with E-state index in [4.69, 9.17) is 9.90 Å². The SMILES string of the molecule is CC(=O)[O-].F[B-](F)(F)F.O=c1[nH]c(=O)n(-c2cccnc2-c2ccccn2)cc1F.[Cu+2]. The fourth-order valence-electron chi connectivity index (χ4n) is 1.92. The number of hydrogen-bond acceptors (Lipinski definition) is 6. The smallest absolute Gasteiger partial charge is 0.550 e. The Bertz CT molecular complexity index is 1100. The summed E-state index contributed by atoms with van der Waals surface area (Å²) in [6.45, 7) is 0.972. The van der Waals surface area contributed by atoms with Gasteiger partial charge in [-0.05, 0) is 31.2 Å². The minimum Gasteiger partial charge on any atom is -0.550 e. The predicted octanol–water partition coefficient (Wildman–Crippen LogP) is 1.18. The molecule has 3 rings (SSSR count). The van der Waals surface area contributed by atoms with Crippen molar-refractivity contribution in [1.82, 2.24) is 19.5 Å². The van der Waals surface area contributed by atoms with Gasteiger partial charge in [0.2, 0.25) is 5.82 Å². The zero-order valence-corrected chi connectivity index (χ0v) is 16.3. The number of halogens is 5. The molecule has 0 saturated carbocycles. The number of carboxylic acids is 1. The summed E-state index contributed by atoms with van der Waals surface area (Å²) < 4.78 is 53.4. The van der Waals surface area contributed by atoms with Crippen LogP contribution in [0.4, 0.5) is 21.7 Å². The fourth-order valence-corrected chi connectivity index (χ4v) is 1.92. The first-order valence-corrected chi connectivity index (χ1v) is 7.83. The molecule has 3 heterocycles. The number of carbonyl (C=O) groups excluding carboxylic acids is 1. The molecule has 0 aliphatic heterocycles. The van der Waals surface area contributed by atoms with E-state index in [0.29, 0.717) is 17.1 Å². The van der Waals surface area contributed by atoms with Crippen molar-refractivity contribution in [3.63, 3.8) is 0 Å². The molecule has 0 unspecified atom stereocenters. The Morgan fingerprint density at radius 1 is 1.06 bits per heavy atom. The van der Waals surface area contributed by atoms with Crippen LogP contribution >= 0.6 is 0 Å². The first kappa shape index (κ1) is 27.7. The number of nitrogens with zero attached hydrogens (tertiary/aromatic N) is 3. The van der Waals surface area contributed by atoms with E-state index in [9.17, 15) is 31.2 Å². The van der Waals surface area contributed by atoms with Gasteiger partial charge >= 0.3 is 30.0 Å². The summed E-state index contributed by atoms with van der Waals surface area (Å²) in [5.41, 5.74) is -0.527. The molecular weight excluding hydrogens is 482 g/mol. The zero-order chi connectivity index (χ0) is 22.9. The maximum absolute atomic E-state index is 13.4. The van der Waals surface area contributed by atoms with Crippen LogP contribution < -0.4 is 16.4 Å². The van der Waals surface area contributed by atoms with Crippen molar-refractivity contribution in [3.8, 4) is 17.1 Å². The van der Waals surface area contributed by atoms with Crippen LogP contribution in [0.15, 0.2) is 58.5 Å². The van der Waals surface area contributed by atoms with Crippen LogP contribution in [0.3, 0.4) is 0 Å². The quantitative estimate of drug-likeness (QED) is 0.423. The summed E-state index contributed by atoms with van der Waals surface area (Å²) in [6.07, 6.45) is 3.97. The van der Waals surface area contributed by atoms with Crippen molar-refractivity contribution in [2.75, 3.05) is 0 Å². The summed E-state index contributed by atoms with van der Waals surface area (Å²) in [7, 11) is -6.00. The molecule has 0 aliphatic rings. The van der Waals surface area contributed by atoms with Gasteiger partial charge in [0.05, 0.1) is 17.6 Å². The Morgan fingerprint density at radius 3 is 2.13 bits per heavy atom. The molecule has 1 N–H and O–H groups in total. The second-order valence-corrected chi connectivity index (χ2v) is 5.18. The van der Waals surface area contributed by atoms with Gasteiger partial charge in [-0.1, -0.05) is 6.07 Å². The number of pyridine rings is 2. The van der Waals surface area contributed by atoms with Gasteiger partial charge in [0.25, 0.3) is 5.56 Å². The van der Waals surface area contributed by atoms with Crippen LogP contribution in [0, 0.1) is 5.82 Å². The summed E-state index contributed by atoms with van der Waals surface area (Å²) in [5.74, 6) is -2.13. The van der Waals surface area contributed by atoms with Crippen molar-refractivity contribution >= 4 is 13.2 Å². The minimum atomic E-state index is -6.00. The Kier molecular flexibility index (Phi) is 11.1. The number of carbonyl (C=O) groups is 1. The maximum Gasteiger partial charge on any atom is 2.00 e. The summed E-state index contributed by atoms with van der Waals surface area (Å²) >= 11 is 0. The third kappa shape index (κ3) is 10.3. The molecule has 15 heteroatoms. The van der Waals surface area contributed by atoms with Crippen LogP contribution in [0.2, 0.25) is 0 Å². The molecule has 169 valence electrons. The van der Waals surface area contributed by atoms with E-state index in [1.54, 1.807) is 42.7 Å². The van der Waals surface area contributed by atoms with E-state index in [0.717, 1.165) is 17.7 Å². The van der Waals surface area contributed by atoms with Crippen LogP contribution in [0.25, 0.3) is 17.1 Å². The number of H-pyrrole nitrogens is 1. The molecule has 0 atom stereocenters. The molecule has 3 aromatic rings. The fraction of sp³-hybridized carbons (Fsp3) is 0.0625. The predicted molar refractivity (Wildman–Crippen MR) is 94.5 cm³/mol. The molecule has 3 aromatic heterocycles. The molecule has 31 heavy (non-hydrogen) atoms. The van der Waals surface area contributed by atoms with Crippen molar-refractivity contribution in [1.29, 1.82) is 0 Å². The van der Waals surface area contributed by atoms with E-state index in [2.05, 4.69) is 9.97 Å². The van der Waals surface area contributed by atoms with E-state index < -0.39 is 30.3 Å². The van der Waals surface area contributed by atoms with Crippen molar-refractivity contribution in [2.45, 2.75) is 6.92 Å². The van der Waals surface area contributed by atoms with Gasteiger partial charge in [0.15, 0.2) is 0 Å². The van der Waals surface area contributed by atoms with Gasteiger partial charge < -0.3 is 27.2 Å². The van der Waals surface area contributed by atoms with Gasteiger partial charge in [0.1, 0.15) is 5.69 Å². The largest absolute Gasteiger partial charge is 2.00 e. The topological polar surface area (TPSA) is 121 Å². The molecule has 0 saturated heterocycles. The second-order valence-electron chi connectivity index (χ2n) is 5.18. The van der Waals surface area contributed by atoms with Gasteiger partial charge in [0, 0.05) is 18.4 Å². The van der Waals surface area contributed by atoms with E-state index in [-0.39, 0.29) is 17.1 Å². The van der Waals surface area contributed by atoms with Gasteiger partial charge in [-0.15, -0.1) is 0 Å². The third-order valence-electron chi connectivity index (χ3n) is 2.85. The molecule has 0 fully saturated rings. The minimum absolute atomic E-state index is 0. The average molecular weight is 494 g/mol. The van der Waals surface area contributed by atoms with E-state index in [1.165, 1.54) is 0 Å². The maximum atomic E-state index is 13.4. The van der Waals surface area contributed by atoms with Crippen molar-refractivity contribution < 1.29 is 48.6 Å². The normalized spacial score (nSPS) is 9.87. The number of aliphatic carboxylic acids is 1. The number of rotatable bonds is 2. The first-order chi connectivity index (χ1) is 13.9. The van der Waals surface area contributed by atoms with Gasteiger partial charge in [-0.2, -0.15) is 4.39 Å². The number of hydrogen-bond donors (Lipinski definition) is 1. The molecule has 0 amide bonds. The number of aromatic nitrogens is 4. The molecule has 1 radical (unpaired) electrons. The first-order valence-electron chi connectivity index (χ1n) is 7.83. The van der Waals surface area contributed by atoms with Crippen LogP contribution in [0.5, 0.6) is 0 Å². The van der Waals surface area contributed by atoms with Gasteiger partial charge in [-0.25, -0.2) is 4.79 Å². The van der Waals surface area contributed by atoms with E-state index in [1.807, 2.05) is 4.98 Å². The van der Waals surface area contributed by atoms with Gasteiger partial charge in [-0.3, -0.25) is 24.3 Å². The second kappa shape index (κ2) is 12.4. The Hall–Kier alpha value is -3.32. The molecule has 0 bridgehead atoms. The van der Waals surface area contributed by atoms with Crippen LogP contribution in [-0.4, -0.2) is 32.7 Å². The van der Waals surface area contributed by atoms with E-state index >= 15 is 0 Å². The third-order valence-corrected chi connectivity index (χ3v) is 2.85.